The third-order valence-corrected chi connectivity index (χ3v) is 5.10. The predicted molar refractivity (Wildman–Crippen MR) is 93.3 cm³/mol. The molecule has 7 nitrogen and oxygen atoms in total. The van der Waals surface area contributed by atoms with Crippen molar-refractivity contribution in [3.8, 4) is 17.1 Å². The lowest BCUT2D eigenvalue weighted by atomic mass is 10.2. The normalized spacial score (nSPS) is 15.5. The van der Waals surface area contributed by atoms with E-state index in [0.29, 0.717) is 11.0 Å². The first-order chi connectivity index (χ1) is 11.6. The zero-order valence-electron chi connectivity index (χ0n) is 13.8. The number of rotatable bonds is 5. The molecule has 8 heteroatoms. The van der Waals surface area contributed by atoms with Crippen LogP contribution in [0.2, 0.25) is 0 Å². The molecule has 0 bridgehead atoms. The third kappa shape index (κ3) is 3.33. The van der Waals surface area contributed by atoms with Crippen molar-refractivity contribution in [1.82, 2.24) is 19.8 Å². The van der Waals surface area contributed by atoms with Gasteiger partial charge in [0.15, 0.2) is 5.82 Å². The van der Waals surface area contributed by atoms with E-state index in [1.54, 1.807) is 7.11 Å². The summed E-state index contributed by atoms with van der Waals surface area (Å²) in [6.45, 7) is 3.57. The minimum atomic E-state index is -0.238. The Morgan fingerprint density at radius 2 is 1.92 bits per heavy atom. The Kier molecular flexibility index (Phi) is 4.94. The van der Waals surface area contributed by atoms with Crippen LogP contribution in [-0.2, 0) is 4.79 Å². The van der Waals surface area contributed by atoms with Gasteiger partial charge in [-0.25, -0.2) is 4.68 Å². The summed E-state index contributed by atoms with van der Waals surface area (Å²) >= 11 is 1.34. The van der Waals surface area contributed by atoms with Crippen LogP contribution in [0.5, 0.6) is 5.75 Å². The molecule has 2 aromatic rings. The minimum Gasteiger partial charge on any atom is -0.497 e. The molecule has 2 heterocycles. The molecule has 0 spiro atoms. The maximum atomic E-state index is 12.4. The Labute approximate surface area is 145 Å². The van der Waals surface area contributed by atoms with E-state index in [4.69, 9.17) is 10.6 Å². The maximum Gasteiger partial charge on any atom is 0.235 e. The van der Waals surface area contributed by atoms with E-state index in [2.05, 4.69) is 10.2 Å². The lowest BCUT2D eigenvalue weighted by Gasteiger charge is -2.19. The number of aromatic nitrogens is 3. The largest absolute Gasteiger partial charge is 0.497 e. The van der Waals surface area contributed by atoms with Crippen molar-refractivity contribution in [2.75, 3.05) is 26.0 Å². The number of methoxy groups -OCH3 is 1. The zero-order chi connectivity index (χ0) is 17.1. The van der Waals surface area contributed by atoms with Crippen LogP contribution in [0, 0.1) is 0 Å². The van der Waals surface area contributed by atoms with Crippen molar-refractivity contribution >= 4 is 17.7 Å². The van der Waals surface area contributed by atoms with Crippen molar-refractivity contribution in [1.29, 1.82) is 0 Å². The van der Waals surface area contributed by atoms with Gasteiger partial charge >= 0.3 is 0 Å². The molecule has 24 heavy (non-hydrogen) atoms. The first-order valence-corrected chi connectivity index (χ1v) is 8.78. The summed E-state index contributed by atoms with van der Waals surface area (Å²) in [6.07, 6.45) is 2.16. The number of nitrogens with two attached hydrogens (primary N) is 1. The molecule has 1 aromatic carbocycles. The highest BCUT2D eigenvalue weighted by Gasteiger charge is 2.26. The van der Waals surface area contributed by atoms with Gasteiger partial charge in [0.25, 0.3) is 0 Å². The fourth-order valence-corrected chi connectivity index (χ4v) is 3.55. The van der Waals surface area contributed by atoms with Crippen LogP contribution in [-0.4, -0.2) is 51.1 Å². The predicted octanol–water partition coefficient (Wildman–Crippen LogP) is 1.77. The van der Waals surface area contributed by atoms with Crippen LogP contribution in [0.15, 0.2) is 29.4 Å². The van der Waals surface area contributed by atoms with Crippen molar-refractivity contribution < 1.29 is 9.53 Å². The first-order valence-electron chi connectivity index (χ1n) is 7.90. The van der Waals surface area contributed by atoms with Gasteiger partial charge in [0.2, 0.25) is 11.1 Å². The van der Waals surface area contributed by atoms with Gasteiger partial charge in [-0.3, -0.25) is 4.79 Å². The highest BCUT2D eigenvalue weighted by atomic mass is 32.2. The SMILES string of the molecule is COc1ccc(-c2nnc(SC(C)C(=O)N3CCCC3)n2N)cc1. The fraction of sp³-hybridized carbons (Fsp3) is 0.438. The van der Waals surface area contributed by atoms with Crippen molar-refractivity contribution in [3.63, 3.8) is 0 Å². The van der Waals surface area contributed by atoms with Crippen molar-refractivity contribution in [2.24, 2.45) is 0 Å². The molecule has 3 rings (SSSR count). The average Bonchev–Trinajstić information content (AvgIpc) is 3.25. The Hall–Kier alpha value is -2.22. The van der Waals surface area contributed by atoms with Gasteiger partial charge in [-0.1, -0.05) is 11.8 Å². The van der Waals surface area contributed by atoms with Crippen LogP contribution in [0.4, 0.5) is 0 Å². The number of hydrogen-bond donors (Lipinski definition) is 1. The summed E-state index contributed by atoms with van der Waals surface area (Å²) < 4.78 is 6.58. The van der Waals surface area contributed by atoms with Gasteiger partial charge in [0, 0.05) is 18.7 Å². The van der Waals surface area contributed by atoms with Gasteiger partial charge in [0.1, 0.15) is 5.75 Å². The molecule has 1 aromatic heterocycles. The van der Waals surface area contributed by atoms with Gasteiger partial charge in [-0.2, -0.15) is 0 Å². The number of benzene rings is 1. The van der Waals surface area contributed by atoms with Crippen LogP contribution < -0.4 is 10.6 Å². The molecule has 1 atom stereocenters. The summed E-state index contributed by atoms with van der Waals surface area (Å²) in [5.74, 6) is 7.58. The summed E-state index contributed by atoms with van der Waals surface area (Å²) in [5.41, 5.74) is 0.844. The molecule has 0 aliphatic carbocycles. The molecule has 1 aliphatic rings. The van der Waals surface area contributed by atoms with E-state index in [-0.39, 0.29) is 11.2 Å². The number of carbonyl (C=O) groups is 1. The number of nitrogens with zero attached hydrogens (tertiary/aromatic N) is 4. The van der Waals surface area contributed by atoms with Gasteiger partial charge in [0.05, 0.1) is 12.4 Å². The summed E-state index contributed by atoms with van der Waals surface area (Å²) in [4.78, 5) is 14.3. The van der Waals surface area contributed by atoms with Gasteiger partial charge in [-0.05, 0) is 44.0 Å². The smallest absolute Gasteiger partial charge is 0.235 e. The Bertz CT molecular complexity index is 710. The van der Waals surface area contributed by atoms with E-state index >= 15 is 0 Å². The molecule has 0 radical (unpaired) electrons. The lowest BCUT2D eigenvalue weighted by molar-refractivity contribution is -0.129. The fourth-order valence-electron chi connectivity index (χ4n) is 2.70. The number of ether oxygens (including phenoxy) is 1. The van der Waals surface area contributed by atoms with E-state index in [0.717, 1.165) is 37.2 Å². The number of nitrogen functional groups attached to an aromatic ring is 1. The number of carbonyl (C=O) groups excluding carboxylic acids is 1. The van der Waals surface area contributed by atoms with Crippen LogP contribution in [0.3, 0.4) is 0 Å². The van der Waals surface area contributed by atoms with E-state index in [1.165, 1.54) is 16.4 Å². The molecule has 0 saturated carbocycles. The second-order valence-corrected chi connectivity index (χ2v) is 7.01. The maximum absolute atomic E-state index is 12.4. The third-order valence-electron chi connectivity index (χ3n) is 4.06. The number of likely N-dealkylation sites (tertiary alicyclic amines) is 1. The molecule has 128 valence electrons. The molecule has 1 unspecified atom stereocenters. The summed E-state index contributed by atoms with van der Waals surface area (Å²) in [6, 6.07) is 7.44. The Balaban J connectivity index is 1.73. The number of thioether (sulfide) groups is 1. The molecular formula is C16H21N5O2S. The molecule has 2 N–H and O–H groups in total. The van der Waals surface area contributed by atoms with Gasteiger partial charge < -0.3 is 15.5 Å². The van der Waals surface area contributed by atoms with Crippen molar-refractivity contribution in [2.45, 2.75) is 30.2 Å². The Morgan fingerprint density at radius 3 is 2.54 bits per heavy atom. The minimum absolute atomic E-state index is 0.131. The Morgan fingerprint density at radius 1 is 1.25 bits per heavy atom. The second kappa shape index (κ2) is 7.12. The average molecular weight is 347 g/mol. The monoisotopic (exact) mass is 347 g/mol. The van der Waals surface area contributed by atoms with E-state index in [9.17, 15) is 4.79 Å². The molecular weight excluding hydrogens is 326 g/mol. The van der Waals surface area contributed by atoms with Crippen molar-refractivity contribution in [3.05, 3.63) is 24.3 Å². The quantitative estimate of drug-likeness (QED) is 0.655. The molecule has 1 fully saturated rings. The summed E-state index contributed by atoms with van der Waals surface area (Å²) in [7, 11) is 1.62. The lowest BCUT2D eigenvalue weighted by Crippen LogP contribution is -2.34. The van der Waals surface area contributed by atoms with Crippen LogP contribution in [0.1, 0.15) is 19.8 Å². The molecule has 1 saturated heterocycles. The number of hydrogen-bond acceptors (Lipinski definition) is 6. The van der Waals surface area contributed by atoms with Crippen LogP contribution in [0.25, 0.3) is 11.4 Å². The van der Waals surface area contributed by atoms with Crippen LogP contribution >= 0.6 is 11.8 Å². The highest BCUT2D eigenvalue weighted by molar-refractivity contribution is 8.00. The standard InChI is InChI=1S/C16H21N5O2S/c1-11(15(22)20-9-3-4-10-20)24-16-19-18-14(21(16)17)12-5-7-13(23-2)8-6-12/h5-8,11H,3-4,9-10,17H2,1-2H3. The molecule has 1 aliphatic heterocycles. The van der Waals surface area contributed by atoms with E-state index < -0.39 is 0 Å². The first kappa shape index (κ1) is 16.6. The van der Waals surface area contributed by atoms with E-state index in [1.807, 2.05) is 36.1 Å². The van der Waals surface area contributed by atoms with Gasteiger partial charge in [-0.15, -0.1) is 10.2 Å². The number of amides is 1. The summed E-state index contributed by atoms with van der Waals surface area (Å²) in [5, 5.41) is 8.58. The highest BCUT2D eigenvalue weighted by Crippen LogP contribution is 2.27. The second-order valence-electron chi connectivity index (χ2n) is 5.70. The topological polar surface area (TPSA) is 86.3 Å². The zero-order valence-corrected chi connectivity index (χ0v) is 14.6. The molecule has 1 amide bonds.